The van der Waals surface area contributed by atoms with Gasteiger partial charge in [-0.15, -0.1) is 46.2 Å². The SMILES string of the molecule is CSc1sc(C#N)c2c1-c1nc(Nc3ccc(O)cc3)ncc1CC2.CSc1sc(C#N)c2c1-c1nc(Nc3cccc(O)c3)ncc1CC2.Cn1ncc2c1CCc1cnc(Nc3cccc(O)c3)nc1-2.NS(=O)(=O)c1cccc(Nc2ncc3c(n2)-c2ccccc2CCC3)c1.Oc1ccc(Nc2ncc3c(n2)-c2ccccc2CCC3)cc1. The maximum Gasteiger partial charge on any atom is 0.238 e. The number of nitrogens with zero attached hydrogens (tertiary/aromatic N) is 14. The average molecular weight is 1700 g/mol. The highest BCUT2D eigenvalue weighted by Gasteiger charge is 2.30. The Kier molecular flexibility index (Phi) is 24.3. The van der Waals surface area contributed by atoms with Gasteiger partial charge >= 0.3 is 0 Å². The fourth-order valence-electron chi connectivity index (χ4n) is 15.0. The lowest BCUT2D eigenvalue weighted by Gasteiger charge is -2.17. The number of thiophene rings is 2. The quantitative estimate of drug-likeness (QED) is 0.0378. The molecule has 26 nitrogen and oxygen atoms in total. The van der Waals surface area contributed by atoms with Gasteiger partial charge in [0.15, 0.2) is 0 Å². The number of nitrogens with two attached hydrogens (primary N) is 1. The number of hydrogen-bond donors (Lipinski definition) is 10. The van der Waals surface area contributed by atoms with Gasteiger partial charge in [0.25, 0.3) is 0 Å². The van der Waals surface area contributed by atoms with Crippen molar-refractivity contribution in [3.63, 3.8) is 0 Å². The first-order valence-corrected chi connectivity index (χ1v) is 44.3. The van der Waals surface area contributed by atoms with Gasteiger partial charge in [0.1, 0.15) is 44.9 Å². The van der Waals surface area contributed by atoms with Crippen LogP contribution in [0.3, 0.4) is 0 Å². The van der Waals surface area contributed by atoms with Crippen LogP contribution in [-0.4, -0.2) is 101 Å². The van der Waals surface area contributed by atoms with Crippen molar-refractivity contribution in [3.8, 4) is 91.4 Å². The molecule has 0 spiro atoms. The number of primary sulfonamides is 1. The first-order chi connectivity index (χ1) is 58.9. The molecule has 31 heteroatoms. The summed E-state index contributed by atoms with van der Waals surface area (Å²) in [5.41, 5.74) is 25.7. The molecule has 0 fully saturated rings. The van der Waals surface area contributed by atoms with E-state index in [1.807, 2.05) is 85.7 Å². The van der Waals surface area contributed by atoms with Gasteiger partial charge < -0.3 is 47.0 Å². The van der Waals surface area contributed by atoms with Gasteiger partial charge in [-0.25, -0.2) is 63.4 Å². The van der Waals surface area contributed by atoms with Crippen LogP contribution in [0.1, 0.15) is 78.4 Å². The Bertz CT molecular complexity index is 6610. The van der Waals surface area contributed by atoms with Crippen LogP contribution in [0.2, 0.25) is 0 Å². The summed E-state index contributed by atoms with van der Waals surface area (Å²) in [6.45, 7) is 0. The molecule has 604 valence electrons. The summed E-state index contributed by atoms with van der Waals surface area (Å²) in [4.78, 5) is 47.1. The number of rotatable bonds is 13. The van der Waals surface area contributed by atoms with Crippen molar-refractivity contribution in [2.45, 2.75) is 90.4 Å². The van der Waals surface area contributed by atoms with E-state index < -0.39 is 10.0 Å². The van der Waals surface area contributed by atoms with Gasteiger partial charge in [0, 0.05) is 112 Å². The second-order valence-corrected chi connectivity index (χ2v) is 34.4. The van der Waals surface area contributed by atoms with Crippen LogP contribution in [0.15, 0.2) is 220 Å². The highest BCUT2D eigenvalue weighted by atomic mass is 32.2. The predicted octanol–water partition coefficient (Wildman–Crippen LogP) is 18.2. The summed E-state index contributed by atoms with van der Waals surface area (Å²) in [6, 6.07) is 55.1. The summed E-state index contributed by atoms with van der Waals surface area (Å²) >= 11 is 6.38. The highest BCUT2D eigenvalue weighted by Crippen LogP contribution is 2.48. The largest absolute Gasteiger partial charge is 0.508 e. The molecule has 0 bridgehead atoms. The molecular formula is C90H78N20O6S5. The number of aryl methyl sites for hydroxylation is 8. The molecule has 0 unspecified atom stereocenters. The van der Waals surface area contributed by atoms with E-state index in [-0.39, 0.29) is 27.9 Å². The summed E-state index contributed by atoms with van der Waals surface area (Å²) in [5, 5.41) is 81.9. The Labute approximate surface area is 714 Å². The molecule has 0 atom stereocenters. The van der Waals surface area contributed by atoms with Gasteiger partial charge in [-0.1, -0.05) is 66.7 Å². The molecule has 121 heavy (non-hydrogen) atoms. The van der Waals surface area contributed by atoms with Crippen LogP contribution >= 0.6 is 46.2 Å². The fourth-order valence-corrected chi connectivity index (χ4v) is 19.3. The van der Waals surface area contributed by atoms with Gasteiger partial charge in [-0.2, -0.15) is 15.6 Å². The third kappa shape index (κ3) is 18.6. The lowest BCUT2D eigenvalue weighted by molar-refractivity contribution is 0.475. The highest BCUT2D eigenvalue weighted by molar-refractivity contribution is 8.00. The van der Waals surface area contributed by atoms with E-state index in [1.54, 1.807) is 132 Å². The molecule has 0 amide bonds. The number of anilines is 10. The predicted molar refractivity (Wildman–Crippen MR) is 476 cm³/mol. The zero-order chi connectivity index (χ0) is 83.7. The number of fused-ring (bicyclic) bond motifs is 15. The number of sulfonamides is 1. The minimum atomic E-state index is -3.76. The molecule has 8 heterocycles. The topological polar surface area (TPSA) is 396 Å². The van der Waals surface area contributed by atoms with Crippen molar-refractivity contribution in [3.05, 3.63) is 273 Å². The average Bonchev–Trinajstić information content (AvgIpc) is 1.62. The second kappa shape index (κ2) is 36.3. The summed E-state index contributed by atoms with van der Waals surface area (Å²) in [5.74, 6) is 3.35. The van der Waals surface area contributed by atoms with E-state index in [0.717, 1.165) is 202 Å². The molecule has 15 aromatic rings. The number of thioether (sulfide) groups is 2. The van der Waals surface area contributed by atoms with Crippen LogP contribution in [0, 0.1) is 22.7 Å². The van der Waals surface area contributed by atoms with E-state index in [0.29, 0.717) is 35.4 Å². The molecule has 0 radical (unpaired) electrons. The van der Waals surface area contributed by atoms with E-state index in [1.165, 1.54) is 51.4 Å². The normalized spacial score (nSPS) is 12.6. The minimum absolute atomic E-state index is 0.0441. The first-order valence-electron chi connectivity index (χ1n) is 38.7. The van der Waals surface area contributed by atoms with Crippen molar-refractivity contribution < 1.29 is 28.8 Å². The lowest BCUT2D eigenvalue weighted by atomic mass is 9.92. The van der Waals surface area contributed by atoms with Gasteiger partial charge in [0.2, 0.25) is 39.8 Å². The minimum Gasteiger partial charge on any atom is -0.508 e. The van der Waals surface area contributed by atoms with Crippen molar-refractivity contribution >= 4 is 114 Å². The zero-order valence-corrected chi connectivity index (χ0v) is 69.7. The molecule has 0 aliphatic heterocycles. The van der Waals surface area contributed by atoms with E-state index in [9.17, 15) is 39.4 Å². The van der Waals surface area contributed by atoms with E-state index >= 15 is 0 Å². The number of nitriles is 2. The van der Waals surface area contributed by atoms with Crippen LogP contribution in [-0.2, 0) is 81.3 Å². The Hall–Kier alpha value is -13.7. The van der Waals surface area contributed by atoms with Crippen molar-refractivity contribution in [1.29, 1.82) is 10.5 Å². The number of aromatic nitrogens is 12. The fraction of sp³-hybridized carbons (Fsp3) is 0.167. The second-order valence-electron chi connectivity index (χ2n) is 28.7. The zero-order valence-electron chi connectivity index (χ0n) is 65.6. The Morgan fingerprint density at radius 2 is 0.760 bits per heavy atom. The summed E-state index contributed by atoms with van der Waals surface area (Å²) < 4.78 is 27.2. The van der Waals surface area contributed by atoms with Gasteiger partial charge in [-0.3, -0.25) is 4.68 Å². The van der Waals surface area contributed by atoms with Crippen molar-refractivity contribution in [2.24, 2.45) is 12.2 Å². The van der Waals surface area contributed by atoms with Gasteiger partial charge in [0.05, 0.1) is 48.0 Å². The Morgan fingerprint density at radius 3 is 1.17 bits per heavy atom. The third-order valence-electron chi connectivity index (χ3n) is 20.8. The standard InChI is InChI=1S/C19H18N4O2S.C19H17N3O.2C18H14N4OS2.C16H15N5O/c20-26(24,25)16-9-4-8-15(11-16)22-19-21-12-14-7-3-6-13-5-1-2-10-17(13)18(14)23-19;23-16-10-8-15(9-11-16)21-19-20-12-14-6-3-5-13-4-1-2-7-17(13)18(14)22-19;1-24-17-15-13(14(8-19)25-17)7-2-10-9-20-18(22-16(10)15)21-11-3-5-12(23)6-4-11;1-24-17-15-13(14(8-19)25-17)6-5-10-9-20-18(22-16(10)15)21-11-3-2-4-12(23)7-11;1-21-14-6-5-10-8-17-16(20-15(10)13(14)9-18-21)19-11-3-2-4-12(22)7-11/h1-2,4-5,8-12H,3,6-7H2,(H2,20,24,25)(H,21,22,23);1-2,4,7-12,23H,3,5-6H2,(H,20,21,22);3-6,9,23H,2,7H2,1H3,(H,20,21,22);2-4,7,9,23H,5-6H2,1H3,(H,20,21,22);2-4,7-9,22H,5-6H2,1H3,(H,17,19,20). The van der Waals surface area contributed by atoms with Crippen LogP contribution in [0.5, 0.6) is 23.0 Å². The van der Waals surface area contributed by atoms with E-state index in [4.69, 9.17) is 25.1 Å². The van der Waals surface area contributed by atoms with Crippen LogP contribution in [0.25, 0.3) is 56.3 Å². The Morgan fingerprint density at radius 1 is 0.397 bits per heavy atom. The smallest absolute Gasteiger partial charge is 0.238 e. The van der Waals surface area contributed by atoms with Crippen molar-refractivity contribution in [2.75, 3.05) is 39.1 Å². The lowest BCUT2D eigenvalue weighted by Crippen LogP contribution is -2.12. The molecule has 0 saturated heterocycles. The summed E-state index contributed by atoms with van der Waals surface area (Å²) in [6.07, 6.45) is 26.8. The molecular weight excluding hydrogens is 1620 g/mol. The van der Waals surface area contributed by atoms with Gasteiger partial charge in [-0.05, 0) is 231 Å². The van der Waals surface area contributed by atoms with Crippen LogP contribution < -0.4 is 31.7 Å². The maximum atomic E-state index is 11.5. The number of phenolic OH excluding ortho intramolecular Hbond substituents is 4. The maximum absolute atomic E-state index is 11.5. The Balaban J connectivity index is 0.000000113. The number of phenols is 4. The molecule has 5 aliphatic carbocycles. The van der Waals surface area contributed by atoms with E-state index in [2.05, 4.69) is 110 Å². The molecule has 0 saturated carbocycles. The monoisotopic (exact) mass is 1690 g/mol. The molecule has 8 aromatic heterocycles. The molecule has 5 aliphatic rings. The summed E-state index contributed by atoms with van der Waals surface area (Å²) in [7, 11) is -1.80. The molecule has 20 rings (SSSR count). The number of benzene rings is 7. The van der Waals surface area contributed by atoms with Crippen LogP contribution in [0.4, 0.5) is 58.2 Å². The third-order valence-corrected chi connectivity index (χ3v) is 26.2. The first kappa shape index (κ1) is 81.1. The number of aromatic hydroxyl groups is 4. The van der Waals surface area contributed by atoms with Crippen molar-refractivity contribution in [1.82, 2.24) is 59.6 Å². The number of nitrogens with one attached hydrogen (secondary N) is 5. The number of hydrogen-bond acceptors (Lipinski definition) is 28. The molecule has 7 aromatic carbocycles. The molecule has 11 N–H and O–H groups in total.